The highest BCUT2D eigenvalue weighted by Gasteiger charge is 2.34. The normalized spacial score (nSPS) is 14.7. The number of thiazole rings is 1. The molecule has 9 nitrogen and oxygen atoms in total. The van der Waals surface area contributed by atoms with Gasteiger partial charge in [0.1, 0.15) is 12.4 Å². The molecule has 0 unspecified atom stereocenters. The number of hydrogen-bond donors (Lipinski definition) is 0. The Balaban J connectivity index is 1.56. The van der Waals surface area contributed by atoms with Crippen molar-refractivity contribution < 1.29 is 19.2 Å². The van der Waals surface area contributed by atoms with E-state index in [-0.39, 0.29) is 23.4 Å². The number of carbonyl (C=O) groups is 1. The molecule has 220 valence electrons. The van der Waals surface area contributed by atoms with Crippen LogP contribution in [0.2, 0.25) is 5.02 Å². The fraction of sp³-hybridized carbons (Fsp3) is 0.194. The smallest absolute Gasteiger partial charge is 0.338 e. The van der Waals surface area contributed by atoms with Crippen molar-refractivity contribution >= 4 is 56.6 Å². The Morgan fingerprint density at radius 3 is 2.58 bits per heavy atom. The number of hydrogen-bond acceptors (Lipinski definition) is 8. The zero-order chi connectivity index (χ0) is 30.8. The first-order chi connectivity index (χ1) is 20.6. The number of halogens is 2. The lowest BCUT2D eigenvalue weighted by Crippen LogP contribution is -2.40. The van der Waals surface area contributed by atoms with Crippen LogP contribution < -0.4 is 19.6 Å². The summed E-state index contributed by atoms with van der Waals surface area (Å²) in [5, 5.41) is 12.4. The molecule has 43 heavy (non-hydrogen) atoms. The van der Waals surface area contributed by atoms with Crippen LogP contribution in [-0.4, -0.2) is 22.1 Å². The molecule has 0 fully saturated rings. The summed E-state index contributed by atoms with van der Waals surface area (Å²) < 4.78 is 13.7. The predicted octanol–water partition coefficient (Wildman–Crippen LogP) is 6.01. The van der Waals surface area contributed by atoms with Crippen molar-refractivity contribution in [3.8, 4) is 5.75 Å². The predicted molar refractivity (Wildman–Crippen MR) is 168 cm³/mol. The highest BCUT2D eigenvalue weighted by atomic mass is 79.9. The van der Waals surface area contributed by atoms with Crippen molar-refractivity contribution in [3.63, 3.8) is 0 Å². The van der Waals surface area contributed by atoms with Crippen LogP contribution in [-0.2, 0) is 16.1 Å². The van der Waals surface area contributed by atoms with Crippen molar-refractivity contribution in [2.45, 2.75) is 33.4 Å². The maximum Gasteiger partial charge on any atom is 0.338 e. The van der Waals surface area contributed by atoms with Gasteiger partial charge in [0.05, 0.1) is 37.8 Å². The molecule has 1 aliphatic rings. The molecular formula is C31H25BrClN3O6S. The molecule has 0 aliphatic carbocycles. The quantitative estimate of drug-likeness (QED) is 0.128. The summed E-state index contributed by atoms with van der Waals surface area (Å²) in [6, 6.07) is 16.6. The first-order valence-corrected chi connectivity index (χ1v) is 15.2. The molecule has 12 heteroatoms. The molecule has 0 spiro atoms. The molecule has 0 saturated heterocycles. The summed E-state index contributed by atoms with van der Waals surface area (Å²) in [5.74, 6) is -0.00592. The van der Waals surface area contributed by atoms with Crippen LogP contribution in [0.15, 0.2) is 86.2 Å². The number of benzene rings is 3. The van der Waals surface area contributed by atoms with Gasteiger partial charge in [0.2, 0.25) is 0 Å². The van der Waals surface area contributed by atoms with Crippen LogP contribution in [0, 0.1) is 17.0 Å². The van der Waals surface area contributed by atoms with Gasteiger partial charge in [0.25, 0.3) is 11.2 Å². The van der Waals surface area contributed by atoms with E-state index in [0.29, 0.717) is 48.0 Å². The van der Waals surface area contributed by atoms with Crippen molar-refractivity contribution in [1.29, 1.82) is 0 Å². The van der Waals surface area contributed by atoms with E-state index in [1.165, 1.54) is 22.0 Å². The number of rotatable bonds is 8. The Bertz CT molecular complexity index is 1970. The van der Waals surface area contributed by atoms with E-state index in [0.717, 1.165) is 11.1 Å². The third-order valence-electron chi connectivity index (χ3n) is 6.82. The number of nitrogens with zero attached hydrogens (tertiary/aromatic N) is 3. The molecule has 5 rings (SSSR count). The van der Waals surface area contributed by atoms with Gasteiger partial charge in [-0.3, -0.25) is 19.5 Å². The Hall–Kier alpha value is -4.06. The average Bonchev–Trinajstić information content (AvgIpc) is 3.26. The maximum absolute atomic E-state index is 13.9. The molecule has 1 aromatic heterocycles. The Kier molecular flexibility index (Phi) is 8.95. The zero-order valence-electron chi connectivity index (χ0n) is 23.3. The molecule has 1 aliphatic heterocycles. The van der Waals surface area contributed by atoms with E-state index in [2.05, 4.69) is 20.9 Å². The summed E-state index contributed by atoms with van der Waals surface area (Å²) >= 11 is 10.7. The minimum atomic E-state index is -0.952. The van der Waals surface area contributed by atoms with Gasteiger partial charge >= 0.3 is 5.97 Å². The Labute approximate surface area is 263 Å². The first kappa shape index (κ1) is 30.4. The summed E-state index contributed by atoms with van der Waals surface area (Å²) in [6.07, 6.45) is 1.73. The number of aryl methyl sites for hydroxylation is 1. The van der Waals surface area contributed by atoms with Crippen molar-refractivity contribution in [2.75, 3.05) is 6.61 Å². The van der Waals surface area contributed by atoms with Gasteiger partial charge < -0.3 is 9.47 Å². The van der Waals surface area contributed by atoms with E-state index in [1.807, 2.05) is 24.3 Å². The van der Waals surface area contributed by atoms with E-state index < -0.39 is 16.9 Å². The minimum absolute atomic E-state index is 0.110. The molecule has 3 aromatic carbocycles. The van der Waals surface area contributed by atoms with Gasteiger partial charge in [0, 0.05) is 16.7 Å². The Morgan fingerprint density at radius 2 is 1.91 bits per heavy atom. The molecule has 0 amide bonds. The number of carbonyl (C=O) groups excluding carboxylic acids is 1. The summed E-state index contributed by atoms with van der Waals surface area (Å²) in [6.45, 7) is 5.45. The van der Waals surface area contributed by atoms with Gasteiger partial charge in [-0.1, -0.05) is 53.3 Å². The number of aromatic nitrogens is 1. The molecular weight excluding hydrogens is 658 g/mol. The highest BCUT2D eigenvalue weighted by molar-refractivity contribution is 9.10. The number of allylic oxidation sites excluding steroid dienone is 1. The van der Waals surface area contributed by atoms with E-state index in [9.17, 15) is 19.7 Å². The van der Waals surface area contributed by atoms with Crippen molar-refractivity contribution in [2.24, 2.45) is 4.99 Å². The molecule has 0 saturated carbocycles. The maximum atomic E-state index is 13.9. The molecule has 0 radical (unpaired) electrons. The van der Waals surface area contributed by atoms with Gasteiger partial charge in [-0.15, -0.1) is 0 Å². The summed E-state index contributed by atoms with van der Waals surface area (Å²) in [7, 11) is 0. The Morgan fingerprint density at radius 1 is 1.16 bits per heavy atom. The summed E-state index contributed by atoms with van der Waals surface area (Å²) in [5.41, 5.74) is 2.62. The molecule has 0 N–H and O–H groups in total. The van der Waals surface area contributed by atoms with Gasteiger partial charge in [-0.2, -0.15) is 0 Å². The van der Waals surface area contributed by atoms with Crippen LogP contribution in [0.25, 0.3) is 6.08 Å². The largest absolute Gasteiger partial charge is 0.488 e. The molecule has 4 aromatic rings. The fourth-order valence-corrected chi connectivity index (χ4v) is 6.40. The lowest BCUT2D eigenvalue weighted by molar-refractivity contribution is -0.385. The second-order valence-corrected chi connectivity index (χ2v) is 12.0. The molecule has 2 heterocycles. The third-order valence-corrected chi connectivity index (χ3v) is 8.68. The number of fused-ring (bicyclic) bond motifs is 1. The monoisotopic (exact) mass is 681 g/mol. The lowest BCUT2D eigenvalue weighted by atomic mass is 9.94. The average molecular weight is 683 g/mol. The van der Waals surface area contributed by atoms with Crippen LogP contribution in [0.3, 0.4) is 0 Å². The van der Waals surface area contributed by atoms with E-state index >= 15 is 0 Å². The second kappa shape index (κ2) is 12.7. The fourth-order valence-electron chi connectivity index (χ4n) is 4.72. The van der Waals surface area contributed by atoms with E-state index in [4.69, 9.17) is 21.1 Å². The number of ether oxygens (including phenoxy) is 2. The molecule has 0 bridgehead atoms. The third kappa shape index (κ3) is 6.34. The first-order valence-electron chi connectivity index (χ1n) is 13.2. The number of esters is 1. The van der Waals surface area contributed by atoms with Crippen molar-refractivity contribution in [1.82, 2.24) is 4.57 Å². The highest BCUT2D eigenvalue weighted by Crippen LogP contribution is 2.33. The standard InChI is InChI=1S/C31H25BrClN3O6S/c1-4-41-30(38)27-18(3)34-31-35(28(27)21-9-5-17(2)24(15-21)36(39)40)29(37)26(43-31)14-20-8-12-25(23(32)13-20)42-16-19-6-10-22(33)11-7-19/h5-15,28H,4,16H2,1-3H3/b26-14+/t28-/m1/s1. The number of nitro benzene ring substituents is 1. The number of nitro groups is 1. The topological polar surface area (TPSA) is 113 Å². The van der Waals surface area contributed by atoms with Gasteiger partial charge in [-0.05, 0) is 83.7 Å². The molecule has 1 atom stereocenters. The van der Waals surface area contributed by atoms with Gasteiger partial charge in [0.15, 0.2) is 4.80 Å². The van der Waals surface area contributed by atoms with Crippen LogP contribution >= 0.6 is 38.9 Å². The second-order valence-electron chi connectivity index (χ2n) is 9.71. The lowest BCUT2D eigenvalue weighted by Gasteiger charge is -2.24. The zero-order valence-corrected chi connectivity index (χ0v) is 26.5. The van der Waals surface area contributed by atoms with E-state index in [1.54, 1.807) is 57.2 Å². The summed E-state index contributed by atoms with van der Waals surface area (Å²) in [4.78, 5) is 43.2. The van der Waals surface area contributed by atoms with Crippen molar-refractivity contribution in [3.05, 3.63) is 133 Å². The van der Waals surface area contributed by atoms with Crippen LogP contribution in [0.5, 0.6) is 5.75 Å². The SMILES string of the molecule is CCOC(=O)C1=C(C)N=c2s/c(=C/c3ccc(OCc4ccc(Cl)cc4)c(Br)c3)c(=O)n2[C@@H]1c1ccc(C)c([N+](=O)[O-])c1. The van der Waals surface area contributed by atoms with Crippen LogP contribution in [0.1, 0.15) is 42.1 Å². The van der Waals surface area contributed by atoms with Gasteiger partial charge in [-0.25, -0.2) is 9.79 Å². The minimum Gasteiger partial charge on any atom is -0.488 e. The van der Waals surface area contributed by atoms with Crippen LogP contribution in [0.4, 0.5) is 5.69 Å².